The SMILES string of the molecule is Clc1ccc(Br)cc1-c1csc(Br)n1. The van der Waals surface area contributed by atoms with Crippen LogP contribution in [0.2, 0.25) is 5.02 Å². The molecule has 0 saturated carbocycles. The number of benzene rings is 1. The van der Waals surface area contributed by atoms with Gasteiger partial charge in [0.1, 0.15) is 0 Å². The zero-order chi connectivity index (χ0) is 10.1. The molecule has 2 rings (SSSR count). The molecular formula is C9H4Br2ClNS. The molecule has 1 aromatic carbocycles. The van der Waals surface area contributed by atoms with Crippen LogP contribution >= 0.6 is 54.8 Å². The summed E-state index contributed by atoms with van der Waals surface area (Å²) in [5, 5.41) is 2.68. The molecule has 2 aromatic rings. The van der Waals surface area contributed by atoms with Crippen LogP contribution in [0.25, 0.3) is 11.3 Å². The minimum atomic E-state index is 0.714. The van der Waals surface area contributed by atoms with Crippen LogP contribution in [0.3, 0.4) is 0 Å². The summed E-state index contributed by atoms with van der Waals surface area (Å²) in [7, 11) is 0. The van der Waals surface area contributed by atoms with Gasteiger partial charge in [0.05, 0.1) is 10.7 Å². The van der Waals surface area contributed by atoms with Crippen molar-refractivity contribution in [2.45, 2.75) is 0 Å². The lowest BCUT2D eigenvalue weighted by molar-refractivity contribution is 1.37. The van der Waals surface area contributed by atoms with E-state index in [-0.39, 0.29) is 0 Å². The van der Waals surface area contributed by atoms with Crippen molar-refractivity contribution in [1.29, 1.82) is 0 Å². The van der Waals surface area contributed by atoms with Crippen molar-refractivity contribution in [1.82, 2.24) is 4.98 Å². The summed E-state index contributed by atoms with van der Waals surface area (Å²) in [4.78, 5) is 4.31. The van der Waals surface area contributed by atoms with Gasteiger partial charge in [-0.2, -0.15) is 0 Å². The van der Waals surface area contributed by atoms with E-state index < -0.39 is 0 Å². The third kappa shape index (κ3) is 2.19. The monoisotopic (exact) mass is 351 g/mol. The number of nitrogens with zero attached hydrogens (tertiary/aromatic N) is 1. The van der Waals surface area contributed by atoms with Gasteiger partial charge >= 0.3 is 0 Å². The van der Waals surface area contributed by atoms with Crippen molar-refractivity contribution in [3.05, 3.63) is 37.0 Å². The molecule has 0 saturated heterocycles. The summed E-state index contributed by atoms with van der Waals surface area (Å²) in [5.41, 5.74) is 1.84. The normalized spacial score (nSPS) is 10.5. The van der Waals surface area contributed by atoms with Gasteiger partial charge in [-0.25, -0.2) is 4.98 Å². The third-order valence-corrected chi connectivity index (χ3v) is 3.87. The Bertz CT molecular complexity index is 470. The second-order valence-corrected chi connectivity index (χ2v) is 6.07. The second-order valence-electron chi connectivity index (χ2n) is 2.61. The Balaban J connectivity index is 2.55. The van der Waals surface area contributed by atoms with E-state index in [1.165, 1.54) is 0 Å². The van der Waals surface area contributed by atoms with Gasteiger partial charge in [0.15, 0.2) is 3.92 Å². The Morgan fingerprint density at radius 1 is 1.29 bits per heavy atom. The topological polar surface area (TPSA) is 12.9 Å². The number of halogens is 3. The minimum Gasteiger partial charge on any atom is -0.229 e. The average Bonchev–Trinajstić information content (AvgIpc) is 2.56. The molecule has 0 aliphatic carbocycles. The first kappa shape index (κ1) is 10.6. The van der Waals surface area contributed by atoms with Gasteiger partial charge in [0, 0.05) is 15.4 Å². The molecule has 5 heteroatoms. The molecule has 0 N–H and O–H groups in total. The van der Waals surface area contributed by atoms with Crippen LogP contribution in [-0.4, -0.2) is 4.98 Å². The van der Waals surface area contributed by atoms with Gasteiger partial charge in [-0.15, -0.1) is 11.3 Å². The molecule has 1 aromatic heterocycles. The second kappa shape index (κ2) is 4.31. The highest BCUT2D eigenvalue weighted by molar-refractivity contribution is 9.11. The molecule has 0 bridgehead atoms. The smallest absolute Gasteiger partial charge is 0.159 e. The molecule has 0 fully saturated rings. The molecule has 0 aliphatic rings. The van der Waals surface area contributed by atoms with Crippen molar-refractivity contribution < 1.29 is 0 Å². The lowest BCUT2D eigenvalue weighted by atomic mass is 10.2. The standard InChI is InChI=1S/C9H4Br2ClNS/c10-5-1-2-7(12)6(3-5)8-4-14-9(11)13-8/h1-4H. The molecule has 0 amide bonds. The van der Waals surface area contributed by atoms with E-state index >= 15 is 0 Å². The van der Waals surface area contributed by atoms with Gasteiger partial charge in [-0.05, 0) is 34.1 Å². The van der Waals surface area contributed by atoms with Crippen molar-refractivity contribution in [3.8, 4) is 11.3 Å². The highest BCUT2D eigenvalue weighted by Crippen LogP contribution is 2.32. The van der Waals surface area contributed by atoms with Gasteiger partial charge in [0.25, 0.3) is 0 Å². The van der Waals surface area contributed by atoms with Crippen molar-refractivity contribution in [2.75, 3.05) is 0 Å². The van der Waals surface area contributed by atoms with E-state index in [2.05, 4.69) is 36.8 Å². The zero-order valence-corrected chi connectivity index (χ0v) is 11.5. The number of rotatable bonds is 1. The summed E-state index contributed by atoms with van der Waals surface area (Å²) >= 11 is 14.3. The average molecular weight is 353 g/mol. The lowest BCUT2D eigenvalue weighted by Gasteiger charge is -2.00. The van der Waals surface area contributed by atoms with Gasteiger partial charge in [-0.3, -0.25) is 0 Å². The Labute approximate surface area is 107 Å². The fourth-order valence-electron chi connectivity index (χ4n) is 1.07. The van der Waals surface area contributed by atoms with Gasteiger partial charge in [0.2, 0.25) is 0 Å². The maximum absolute atomic E-state index is 6.07. The summed E-state index contributed by atoms with van der Waals surface area (Å²) in [6.07, 6.45) is 0. The molecule has 1 nitrogen and oxygen atoms in total. The Morgan fingerprint density at radius 2 is 2.07 bits per heavy atom. The van der Waals surface area contributed by atoms with E-state index in [0.717, 1.165) is 19.6 Å². The molecular weight excluding hydrogens is 349 g/mol. The zero-order valence-electron chi connectivity index (χ0n) is 6.80. The van der Waals surface area contributed by atoms with Crippen LogP contribution in [-0.2, 0) is 0 Å². The van der Waals surface area contributed by atoms with E-state index in [4.69, 9.17) is 11.6 Å². The molecule has 0 atom stereocenters. The fourth-order valence-corrected chi connectivity index (χ4v) is 2.66. The first-order valence-corrected chi connectivity index (χ1v) is 6.57. The van der Waals surface area contributed by atoms with Crippen LogP contribution in [0, 0.1) is 0 Å². The van der Waals surface area contributed by atoms with Crippen LogP contribution in [0.4, 0.5) is 0 Å². The largest absolute Gasteiger partial charge is 0.229 e. The number of hydrogen-bond acceptors (Lipinski definition) is 2. The van der Waals surface area contributed by atoms with Crippen LogP contribution < -0.4 is 0 Å². The van der Waals surface area contributed by atoms with Crippen molar-refractivity contribution >= 4 is 54.8 Å². The molecule has 0 unspecified atom stereocenters. The lowest BCUT2D eigenvalue weighted by Crippen LogP contribution is -1.79. The summed E-state index contributed by atoms with van der Waals surface area (Å²) in [6.45, 7) is 0. The van der Waals surface area contributed by atoms with Gasteiger partial charge in [-0.1, -0.05) is 27.5 Å². The Hall–Kier alpha value is 0.1000. The van der Waals surface area contributed by atoms with Crippen molar-refractivity contribution in [3.63, 3.8) is 0 Å². The molecule has 0 spiro atoms. The third-order valence-electron chi connectivity index (χ3n) is 1.68. The first-order chi connectivity index (χ1) is 6.66. The maximum Gasteiger partial charge on any atom is 0.159 e. The number of aromatic nitrogens is 1. The number of hydrogen-bond donors (Lipinski definition) is 0. The molecule has 0 radical (unpaired) electrons. The minimum absolute atomic E-state index is 0.714. The summed E-state index contributed by atoms with van der Waals surface area (Å²) in [6, 6.07) is 5.73. The molecule has 1 heterocycles. The quantitative estimate of drug-likeness (QED) is 0.704. The van der Waals surface area contributed by atoms with Crippen molar-refractivity contribution in [2.24, 2.45) is 0 Å². The van der Waals surface area contributed by atoms with Crippen LogP contribution in [0.1, 0.15) is 0 Å². The predicted octanol–water partition coefficient (Wildman–Crippen LogP) is 4.99. The first-order valence-electron chi connectivity index (χ1n) is 3.73. The van der Waals surface area contributed by atoms with E-state index in [1.807, 2.05) is 23.6 Å². The van der Waals surface area contributed by atoms with Gasteiger partial charge < -0.3 is 0 Å². The van der Waals surface area contributed by atoms with E-state index in [1.54, 1.807) is 11.3 Å². The molecule has 0 aliphatic heterocycles. The summed E-state index contributed by atoms with van der Waals surface area (Å²) in [5.74, 6) is 0. The highest BCUT2D eigenvalue weighted by atomic mass is 79.9. The van der Waals surface area contributed by atoms with E-state index in [9.17, 15) is 0 Å². The highest BCUT2D eigenvalue weighted by Gasteiger charge is 2.07. The van der Waals surface area contributed by atoms with Crippen LogP contribution in [0.5, 0.6) is 0 Å². The number of thiazole rings is 1. The summed E-state index contributed by atoms with van der Waals surface area (Å²) < 4.78 is 1.87. The molecule has 14 heavy (non-hydrogen) atoms. The van der Waals surface area contributed by atoms with Crippen LogP contribution in [0.15, 0.2) is 32.0 Å². The Morgan fingerprint density at radius 3 is 2.71 bits per heavy atom. The fraction of sp³-hybridized carbons (Fsp3) is 0. The maximum atomic E-state index is 6.07. The predicted molar refractivity (Wildman–Crippen MR) is 68.0 cm³/mol. The van der Waals surface area contributed by atoms with E-state index in [0.29, 0.717) is 5.02 Å². The molecule has 72 valence electrons. The Kier molecular flexibility index (Phi) is 3.27.